The number of anilines is 2. The van der Waals surface area contributed by atoms with Crippen LogP contribution in [0.1, 0.15) is 31.4 Å². The maximum Gasteiger partial charge on any atom is 0.171 e. The van der Waals surface area contributed by atoms with Crippen molar-refractivity contribution >= 4 is 44.6 Å². The van der Waals surface area contributed by atoms with Gasteiger partial charge in [-0.05, 0) is 67.9 Å². The minimum atomic E-state index is -0.346. The Balaban J connectivity index is 1.59. The molecule has 3 nitrogen and oxygen atoms in total. The molecule has 0 bridgehead atoms. The van der Waals surface area contributed by atoms with Gasteiger partial charge in [0.2, 0.25) is 0 Å². The fourth-order valence-electron chi connectivity index (χ4n) is 2.98. The number of nitrogens with one attached hydrogen (secondary N) is 2. The number of halogens is 2. The summed E-state index contributed by atoms with van der Waals surface area (Å²) in [4.78, 5) is 2.41. The molecule has 132 valence electrons. The third-order valence-corrected chi connectivity index (χ3v) is 5.10. The van der Waals surface area contributed by atoms with Crippen molar-refractivity contribution in [1.29, 1.82) is 0 Å². The van der Waals surface area contributed by atoms with E-state index in [1.807, 2.05) is 6.92 Å². The number of nitrogens with zero attached hydrogens (tertiary/aromatic N) is 1. The summed E-state index contributed by atoms with van der Waals surface area (Å²) < 4.78 is 14.6. The molecular formula is C19H21BrFN3S. The molecule has 0 saturated carbocycles. The first-order valence-electron chi connectivity index (χ1n) is 8.40. The van der Waals surface area contributed by atoms with Crippen LogP contribution in [0, 0.1) is 5.82 Å². The summed E-state index contributed by atoms with van der Waals surface area (Å²) >= 11 is 8.55. The van der Waals surface area contributed by atoms with Crippen molar-refractivity contribution in [3.05, 3.63) is 58.3 Å². The number of rotatable bonds is 4. The van der Waals surface area contributed by atoms with Crippen LogP contribution in [-0.4, -0.2) is 18.2 Å². The zero-order valence-corrected chi connectivity index (χ0v) is 16.5. The van der Waals surface area contributed by atoms with Crippen LogP contribution in [0.25, 0.3) is 0 Å². The second-order valence-corrected chi connectivity index (χ2v) is 7.55. The van der Waals surface area contributed by atoms with Crippen molar-refractivity contribution in [1.82, 2.24) is 5.32 Å². The molecule has 1 atom stereocenters. The molecule has 0 amide bonds. The monoisotopic (exact) mass is 421 g/mol. The summed E-state index contributed by atoms with van der Waals surface area (Å²) in [6, 6.07) is 13.4. The van der Waals surface area contributed by atoms with E-state index in [1.54, 1.807) is 12.1 Å². The lowest BCUT2D eigenvalue weighted by Gasteiger charge is -2.20. The summed E-state index contributed by atoms with van der Waals surface area (Å²) in [5.41, 5.74) is 2.77. The SMILES string of the molecule is CC(NC(=S)Nc1ccc(Br)cc1F)c1ccc(N2CCCC2)cc1. The van der Waals surface area contributed by atoms with Gasteiger partial charge >= 0.3 is 0 Å². The van der Waals surface area contributed by atoms with Crippen molar-refractivity contribution in [3.63, 3.8) is 0 Å². The zero-order chi connectivity index (χ0) is 17.8. The Morgan fingerprint density at radius 2 is 1.84 bits per heavy atom. The van der Waals surface area contributed by atoms with Gasteiger partial charge in [-0.1, -0.05) is 28.1 Å². The van der Waals surface area contributed by atoms with Gasteiger partial charge < -0.3 is 15.5 Å². The van der Waals surface area contributed by atoms with Crippen molar-refractivity contribution in [2.75, 3.05) is 23.3 Å². The quantitative estimate of drug-likeness (QED) is 0.660. The molecule has 25 heavy (non-hydrogen) atoms. The average molecular weight is 422 g/mol. The number of hydrogen-bond donors (Lipinski definition) is 2. The Labute approximate surface area is 161 Å². The lowest BCUT2D eigenvalue weighted by atomic mass is 10.1. The summed E-state index contributed by atoms with van der Waals surface area (Å²) in [6.45, 7) is 4.32. The molecule has 1 heterocycles. The largest absolute Gasteiger partial charge is 0.372 e. The second kappa shape index (κ2) is 8.15. The first-order valence-corrected chi connectivity index (χ1v) is 9.60. The summed E-state index contributed by atoms with van der Waals surface area (Å²) in [5.74, 6) is -0.346. The van der Waals surface area contributed by atoms with Gasteiger partial charge in [-0.2, -0.15) is 0 Å². The molecule has 1 saturated heterocycles. The standard InChI is InChI=1S/C19H21BrFN3S/c1-13(14-4-7-16(8-5-14)24-10-2-3-11-24)22-19(25)23-18-9-6-15(20)12-17(18)21/h4-9,12-13H,2-3,10-11H2,1H3,(H2,22,23,25). The average Bonchev–Trinajstić information content (AvgIpc) is 3.12. The van der Waals surface area contributed by atoms with Crippen LogP contribution in [0.5, 0.6) is 0 Å². The predicted molar refractivity (Wildman–Crippen MR) is 110 cm³/mol. The third-order valence-electron chi connectivity index (χ3n) is 4.39. The van der Waals surface area contributed by atoms with E-state index in [0.717, 1.165) is 18.7 Å². The van der Waals surface area contributed by atoms with Gasteiger partial charge in [0.15, 0.2) is 5.11 Å². The normalized spacial score (nSPS) is 15.1. The smallest absolute Gasteiger partial charge is 0.171 e. The van der Waals surface area contributed by atoms with Crippen LogP contribution in [0.3, 0.4) is 0 Å². The highest BCUT2D eigenvalue weighted by Crippen LogP contribution is 2.23. The maximum atomic E-state index is 13.9. The van der Waals surface area contributed by atoms with Crippen LogP contribution in [0.15, 0.2) is 46.9 Å². The molecule has 1 unspecified atom stereocenters. The fraction of sp³-hybridized carbons (Fsp3) is 0.316. The molecule has 2 aromatic carbocycles. The molecule has 2 N–H and O–H groups in total. The van der Waals surface area contributed by atoms with Crippen LogP contribution < -0.4 is 15.5 Å². The van der Waals surface area contributed by atoms with Gasteiger partial charge in [0, 0.05) is 23.2 Å². The molecule has 1 aliphatic rings. The highest BCUT2D eigenvalue weighted by atomic mass is 79.9. The molecule has 2 aromatic rings. The lowest BCUT2D eigenvalue weighted by molar-refractivity contribution is 0.631. The molecule has 1 aliphatic heterocycles. The van der Waals surface area contributed by atoms with Crippen molar-refractivity contribution in [2.24, 2.45) is 0 Å². The van der Waals surface area contributed by atoms with E-state index in [1.165, 1.54) is 24.6 Å². The van der Waals surface area contributed by atoms with E-state index in [2.05, 4.69) is 55.7 Å². The Hall–Kier alpha value is -1.66. The number of benzene rings is 2. The Morgan fingerprint density at radius 1 is 1.16 bits per heavy atom. The summed E-state index contributed by atoms with van der Waals surface area (Å²) in [6.07, 6.45) is 2.54. The Morgan fingerprint density at radius 3 is 2.48 bits per heavy atom. The first-order chi connectivity index (χ1) is 12.0. The molecule has 6 heteroatoms. The van der Waals surface area contributed by atoms with Gasteiger partial charge in [0.1, 0.15) is 5.82 Å². The van der Waals surface area contributed by atoms with E-state index in [4.69, 9.17) is 12.2 Å². The van der Waals surface area contributed by atoms with Gasteiger partial charge in [0.25, 0.3) is 0 Å². The minimum absolute atomic E-state index is 0.0335. The predicted octanol–water partition coefficient (Wildman–Crippen LogP) is 5.24. The van der Waals surface area contributed by atoms with Crippen LogP contribution in [-0.2, 0) is 0 Å². The molecule has 3 rings (SSSR count). The lowest BCUT2D eigenvalue weighted by Crippen LogP contribution is -2.31. The van der Waals surface area contributed by atoms with Crippen molar-refractivity contribution in [3.8, 4) is 0 Å². The van der Waals surface area contributed by atoms with E-state index in [9.17, 15) is 4.39 Å². The Kier molecular flexibility index (Phi) is 5.91. The maximum absolute atomic E-state index is 13.9. The van der Waals surface area contributed by atoms with E-state index in [-0.39, 0.29) is 11.9 Å². The topological polar surface area (TPSA) is 27.3 Å². The highest BCUT2D eigenvalue weighted by molar-refractivity contribution is 9.10. The molecule has 0 aromatic heterocycles. The number of hydrogen-bond acceptors (Lipinski definition) is 2. The highest BCUT2D eigenvalue weighted by Gasteiger charge is 2.13. The Bertz CT molecular complexity index is 745. The fourth-order valence-corrected chi connectivity index (χ4v) is 3.60. The minimum Gasteiger partial charge on any atom is -0.372 e. The van der Waals surface area contributed by atoms with Gasteiger partial charge in [-0.25, -0.2) is 4.39 Å². The molecular weight excluding hydrogens is 401 g/mol. The van der Waals surface area contributed by atoms with E-state index >= 15 is 0 Å². The first kappa shape index (κ1) is 18.1. The van der Waals surface area contributed by atoms with Crippen LogP contribution in [0.2, 0.25) is 0 Å². The summed E-state index contributed by atoms with van der Waals surface area (Å²) in [5, 5.41) is 6.51. The van der Waals surface area contributed by atoms with Gasteiger partial charge in [-0.3, -0.25) is 0 Å². The van der Waals surface area contributed by atoms with Crippen LogP contribution >= 0.6 is 28.1 Å². The molecule has 1 fully saturated rings. The summed E-state index contributed by atoms with van der Waals surface area (Å²) in [7, 11) is 0. The van der Waals surface area contributed by atoms with Crippen LogP contribution in [0.4, 0.5) is 15.8 Å². The second-order valence-electron chi connectivity index (χ2n) is 6.23. The van der Waals surface area contributed by atoms with E-state index < -0.39 is 0 Å². The third kappa shape index (κ3) is 4.70. The molecule has 0 radical (unpaired) electrons. The molecule has 0 aliphatic carbocycles. The van der Waals surface area contributed by atoms with Crippen molar-refractivity contribution < 1.29 is 4.39 Å². The number of thiocarbonyl (C=S) groups is 1. The molecule has 0 spiro atoms. The van der Waals surface area contributed by atoms with Crippen molar-refractivity contribution in [2.45, 2.75) is 25.8 Å². The zero-order valence-electron chi connectivity index (χ0n) is 14.1. The van der Waals surface area contributed by atoms with Gasteiger partial charge in [-0.15, -0.1) is 0 Å². The van der Waals surface area contributed by atoms with Gasteiger partial charge in [0.05, 0.1) is 11.7 Å². The van der Waals surface area contributed by atoms with E-state index in [0.29, 0.717) is 15.3 Å².